The maximum absolute atomic E-state index is 12.0. The summed E-state index contributed by atoms with van der Waals surface area (Å²) in [6, 6.07) is 0. The lowest BCUT2D eigenvalue weighted by Crippen LogP contribution is -2.40. The van der Waals surface area contributed by atoms with Crippen molar-refractivity contribution < 1.29 is 19.0 Å². The van der Waals surface area contributed by atoms with E-state index in [1.54, 1.807) is 12.0 Å². The summed E-state index contributed by atoms with van der Waals surface area (Å²) in [5.41, 5.74) is -0.741. The van der Waals surface area contributed by atoms with Crippen LogP contribution in [0.3, 0.4) is 0 Å². The van der Waals surface area contributed by atoms with E-state index >= 15 is 0 Å². The summed E-state index contributed by atoms with van der Waals surface area (Å²) in [5.74, 6) is 0. The molecule has 18 heavy (non-hydrogen) atoms. The Morgan fingerprint density at radius 3 is 2.56 bits per heavy atom. The van der Waals surface area contributed by atoms with Crippen LogP contribution in [-0.2, 0) is 14.2 Å². The minimum absolute atomic E-state index is 0.260. The van der Waals surface area contributed by atoms with Crippen molar-refractivity contribution in [2.75, 3.05) is 27.0 Å². The van der Waals surface area contributed by atoms with Crippen molar-refractivity contribution >= 4 is 6.09 Å². The molecule has 1 rings (SSSR count). The van der Waals surface area contributed by atoms with Gasteiger partial charge >= 0.3 is 6.09 Å². The Kier molecular flexibility index (Phi) is 4.99. The average molecular weight is 259 g/mol. The van der Waals surface area contributed by atoms with Crippen molar-refractivity contribution in [3.63, 3.8) is 0 Å². The summed E-state index contributed by atoms with van der Waals surface area (Å²) in [5, 5.41) is 0. The molecule has 0 aromatic carbocycles. The maximum atomic E-state index is 12.0. The summed E-state index contributed by atoms with van der Waals surface area (Å²) in [6.07, 6.45) is 1.42. The Hall–Kier alpha value is -0.810. The van der Waals surface area contributed by atoms with E-state index in [0.29, 0.717) is 13.1 Å². The second-order valence-electron chi connectivity index (χ2n) is 5.74. The zero-order chi connectivity index (χ0) is 13.8. The minimum atomic E-state index is -0.456. The van der Waals surface area contributed by atoms with Gasteiger partial charge in [-0.05, 0) is 33.6 Å². The van der Waals surface area contributed by atoms with E-state index in [2.05, 4.69) is 6.92 Å². The van der Waals surface area contributed by atoms with Crippen LogP contribution in [0.25, 0.3) is 0 Å². The number of hydrogen-bond acceptors (Lipinski definition) is 4. The van der Waals surface area contributed by atoms with Crippen molar-refractivity contribution in [1.29, 1.82) is 0 Å². The molecule has 1 aliphatic rings. The van der Waals surface area contributed by atoms with Gasteiger partial charge in [-0.3, -0.25) is 0 Å². The zero-order valence-corrected chi connectivity index (χ0v) is 12.1. The van der Waals surface area contributed by atoms with E-state index in [1.165, 1.54) is 0 Å². The Morgan fingerprint density at radius 1 is 1.39 bits per heavy atom. The Balaban J connectivity index is 2.55. The quantitative estimate of drug-likeness (QED) is 0.727. The Morgan fingerprint density at radius 2 is 2.06 bits per heavy atom. The van der Waals surface area contributed by atoms with Crippen LogP contribution >= 0.6 is 0 Å². The molecule has 1 heterocycles. The fourth-order valence-corrected chi connectivity index (χ4v) is 2.02. The first-order chi connectivity index (χ1) is 8.32. The van der Waals surface area contributed by atoms with Crippen LogP contribution in [0.4, 0.5) is 4.79 Å². The largest absolute Gasteiger partial charge is 0.444 e. The van der Waals surface area contributed by atoms with Crippen LogP contribution in [0.2, 0.25) is 0 Å². The smallest absolute Gasteiger partial charge is 0.410 e. The fraction of sp³-hybridized carbons (Fsp3) is 0.923. The number of rotatable bonds is 4. The van der Waals surface area contributed by atoms with E-state index in [1.807, 2.05) is 20.8 Å². The molecule has 0 saturated carbocycles. The molecule has 1 amide bonds. The molecule has 0 spiro atoms. The third-order valence-electron chi connectivity index (χ3n) is 3.10. The molecule has 0 aromatic heterocycles. The van der Waals surface area contributed by atoms with Crippen LogP contribution in [0.5, 0.6) is 0 Å². The molecule has 0 aromatic rings. The van der Waals surface area contributed by atoms with Crippen LogP contribution in [-0.4, -0.2) is 49.2 Å². The summed E-state index contributed by atoms with van der Waals surface area (Å²) in [7, 11) is 1.60. The zero-order valence-electron chi connectivity index (χ0n) is 12.1. The van der Waals surface area contributed by atoms with Gasteiger partial charge in [-0.25, -0.2) is 4.79 Å². The van der Waals surface area contributed by atoms with Crippen molar-refractivity contribution in [2.45, 2.75) is 51.7 Å². The van der Waals surface area contributed by atoms with Gasteiger partial charge in [-0.1, -0.05) is 6.92 Å². The molecule has 1 fully saturated rings. The molecule has 0 N–H and O–H groups in total. The van der Waals surface area contributed by atoms with Crippen LogP contribution in [0, 0.1) is 0 Å². The SMILES string of the molecule is CCC1(OCOC)CCN(C(=O)OC(C)(C)C)C1. The van der Waals surface area contributed by atoms with Gasteiger partial charge in [0.05, 0.1) is 12.1 Å². The predicted molar refractivity (Wildman–Crippen MR) is 68.4 cm³/mol. The van der Waals surface area contributed by atoms with Gasteiger partial charge in [0.25, 0.3) is 0 Å². The lowest BCUT2D eigenvalue weighted by Gasteiger charge is -2.29. The number of methoxy groups -OCH3 is 1. The van der Waals surface area contributed by atoms with Gasteiger partial charge in [0.2, 0.25) is 0 Å². The second-order valence-corrected chi connectivity index (χ2v) is 5.74. The molecular weight excluding hydrogens is 234 g/mol. The van der Waals surface area contributed by atoms with E-state index in [4.69, 9.17) is 14.2 Å². The first-order valence-electron chi connectivity index (χ1n) is 6.43. The highest BCUT2D eigenvalue weighted by molar-refractivity contribution is 5.68. The number of hydrogen-bond donors (Lipinski definition) is 0. The topological polar surface area (TPSA) is 48.0 Å². The third-order valence-corrected chi connectivity index (χ3v) is 3.10. The minimum Gasteiger partial charge on any atom is -0.444 e. The van der Waals surface area contributed by atoms with Gasteiger partial charge in [-0.15, -0.1) is 0 Å². The monoisotopic (exact) mass is 259 g/mol. The first-order valence-corrected chi connectivity index (χ1v) is 6.43. The lowest BCUT2D eigenvalue weighted by atomic mass is 10.00. The summed E-state index contributed by atoms with van der Waals surface area (Å²) in [6.45, 7) is 9.18. The van der Waals surface area contributed by atoms with Crippen LogP contribution in [0.1, 0.15) is 40.5 Å². The Bertz CT molecular complexity index is 287. The van der Waals surface area contributed by atoms with Gasteiger partial charge < -0.3 is 19.1 Å². The van der Waals surface area contributed by atoms with Gasteiger partial charge in [0.1, 0.15) is 12.4 Å². The van der Waals surface area contributed by atoms with Gasteiger partial charge in [0, 0.05) is 13.7 Å². The number of amides is 1. The normalized spacial score (nSPS) is 24.4. The maximum Gasteiger partial charge on any atom is 0.410 e. The van der Waals surface area contributed by atoms with E-state index in [9.17, 15) is 4.79 Å². The third kappa shape index (κ3) is 4.14. The summed E-state index contributed by atoms with van der Waals surface area (Å²) < 4.78 is 16.0. The molecule has 0 radical (unpaired) electrons. The first kappa shape index (κ1) is 15.2. The Labute approximate surface area is 109 Å². The van der Waals surface area contributed by atoms with Crippen molar-refractivity contribution in [3.8, 4) is 0 Å². The summed E-state index contributed by atoms with van der Waals surface area (Å²) >= 11 is 0. The van der Waals surface area contributed by atoms with Crippen molar-refractivity contribution in [2.24, 2.45) is 0 Å². The predicted octanol–water partition coefficient (Wildman–Crippen LogP) is 2.40. The number of carbonyl (C=O) groups excluding carboxylic acids is 1. The van der Waals surface area contributed by atoms with Crippen molar-refractivity contribution in [1.82, 2.24) is 4.90 Å². The van der Waals surface area contributed by atoms with Crippen LogP contribution < -0.4 is 0 Å². The molecule has 1 atom stereocenters. The standard InChI is InChI=1S/C13H25NO4/c1-6-13(17-10-16-5)7-8-14(9-13)11(15)18-12(2,3)4/h6-10H2,1-5H3. The molecule has 5 nitrogen and oxygen atoms in total. The highest BCUT2D eigenvalue weighted by Gasteiger charge is 2.40. The number of ether oxygens (including phenoxy) is 3. The van der Waals surface area contributed by atoms with Gasteiger partial charge in [0.15, 0.2) is 0 Å². The van der Waals surface area contributed by atoms with Crippen LogP contribution in [0.15, 0.2) is 0 Å². The van der Waals surface area contributed by atoms with E-state index in [-0.39, 0.29) is 18.5 Å². The second kappa shape index (κ2) is 5.89. The highest BCUT2D eigenvalue weighted by atomic mass is 16.7. The number of nitrogens with zero attached hydrogens (tertiary/aromatic N) is 1. The molecule has 1 unspecified atom stereocenters. The average Bonchev–Trinajstić information content (AvgIpc) is 2.69. The molecular formula is C13H25NO4. The van der Waals surface area contributed by atoms with Gasteiger partial charge in [-0.2, -0.15) is 0 Å². The van der Waals surface area contributed by atoms with Crippen molar-refractivity contribution in [3.05, 3.63) is 0 Å². The molecule has 0 bridgehead atoms. The molecule has 5 heteroatoms. The summed E-state index contributed by atoms with van der Waals surface area (Å²) in [4.78, 5) is 13.7. The highest BCUT2D eigenvalue weighted by Crippen LogP contribution is 2.29. The molecule has 0 aliphatic carbocycles. The van der Waals surface area contributed by atoms with E-state index in [0.717, 1.165) is 12.8 Å². The molecule has 1 aliphatic heterocycles. The molecule has 1 saturated heterocycles. The fourth-order valence-electron chi connectivity index (χ4n) is 2.02. The lowest BCUT2D eigenvalue weighted by molar-refractivity contribution is -0.126. The van der Waals surface area contributed by atoms with E-state index < -0.39 is 5.60 Å². The molecule has 106 valence electrons. The number of carbonyl (C=O) groups is 1. The number of likely N-dealkylation sites (tertiary alicyclic amines) is 1.